The van der Waals surface area contributed by atoms with Crippen LogP contribution in [0, 0.1) is 40.4 Å². The van der Waals surface area contributed by atoms with Gasteiger partial charge in [-0.05, 0) is 92.3 Å². The van der Waals surface area contributed by atoms with Crippen LogP contribution >= 0.6 is 0 Å². The molecule has 0 aromatic heterocycles. The Kier molecular flexibility index (Phi) is 8.68. The molecule has 4 fully saturated rings. The summed E-state index contributed by atoms with van der Waals surface area (Å²) in [4.78, 5) is 23.4. The molecule has 10 atom stereocenters. The highest BCUT2D eigenvalue weighted by Gasteiger charge is 2.63. The Morgan fingerprint density at radius 1 is 1.00 bits per heavy atom. The second-order valence-corrected chi connectivity index (χ2v) is 13.0. The maximum atomic E-state index is 12.6. The Morgan fingerprint density at radius 2 is 1.74 bits per heavy atom. The maximum Gasteiger partial charge on any atom is 0.306 e. The van der Waals surface area contributed by atoms with E-state index < -0.39 is 0 Å². The van der Waals surface area contributed by atoms with Crippen LogP contribution in [-0.4, -0.2) is 40.8 Å². The highest BCUT2D eigenvalue weighted by atomic mass is 16.5. The lowest BCUT2D eigenvalue weighted by atomic mass is 9.44. The SMILES string of the molecule is CCCCCC[C@H](O)[C@H]1CC[C@H]2[C@@H]3C[C@H](OC(=O)CCC=O)[C@H]4C[C@@H](O)CC[C@]4(C)[C@H]3CC[C@]12C. The van der Waals surface area contributed by atoms with Gasteiger partial charge < -0.3 is 19.7 Å². The minimum atomic E-state index is -0.312. The van der Waals surface area contributed by atoms with E-state index in [1.54, 1.807) is 0 Å². The van der Waals surface area contributed by atoms with Crippen LogP contribution in [0.15, 0.2) is 0 Å². The van der Waals surface area contributed by atoms with Crippen LogP contribution < -0.4 is 0 Å². The second kappa shape index (κ2) is 11.2. The fourth-order valence-corrected chi connectivity index (χ4v) is 9.44. The Balaban J connectivity index is 1.53. The zero-order valence-electron chi connectivity index (χ0n) is 22.4. The van der Waals surface area contributed by atoms with Gasteiger partial charge >= 0.3 is 5.97 Å². The number of fused-ring (bicyclic) bond motifs is 5. The number of ether oxygens (including phenoxy) is 1. The number of hydrogen-bond acceptors (Lipinski definition) is 5. The van der Waals surface area contributed by atoms with Crippen molar-refractivity contribution >= 4 is 12.3 Å². The van der Waals surface area contributed by atoms with Gasteiger partial charge in [0.1, 0.15) is 12.4 Å². The number of rotatable bonds is 10. The maximum absolute atomic E-state index is 12.6. The largest absolute Gasteiger partial charge is 0.462 e. The molecule has 0 amide bonds. The van der Waals surface area contributed by atoms with E-state index >= 15 is 0 Å². The van der Waals surface area contributed by atoms with Crippen molar-refractivity contribution in [3.8, 4) is 0 Å². The number of unbranched alkanes of at least 4 members (excludes halogenated alkanes) is 3. The predicted molar refractivity (Wildman–Crippen MR) is 137 cm³/mol. The molecule has 0 saturated heterocycles. The highest BCUT2D eigenvalue weighted by molar-refractivity contribution is 5.72. The molecule has 0 unspecified atom stereocenters. The molecule has 200 valence electrons. The number of esters is 1. The predicted octanol–water partition coefficient (Wildman–Crippen LogP) is 5.84. The summed E-state index contributed by atoms with van der Waals surface area (Å²) in [5.41, 5.74) is 0.241. The molecular weight excluding hydrogens is 440 g/mol. The summed E-state index contributed by atoms with van der Waals surface area (Å²) in [6.45, 7) is 7.09. The number of aliphatic hydroxyl groups is 2. The van der Waals surface area contributed by atoms with Crippen LogP contribution in [0.5, 0.6) is 0 Å². The number of hydrogen-bond donors (Lipinski definition) is 2. The quantitative estimate of drug-likeness (QED) is 0.228. The Labute approximate surface area is 212 Å². The average molecular weight is 491 g/mol. The first-order valence-corrected chi connectivity index (χ1v) is 14.7. The third-order valence-corrected chi connectivity index (χ3v) is 11.3. The molecule has 2 N–H and O–H groups in total. The molecule has 4 aliphatic carbocycles. The molecule has 5 nitrogen and oxygen atoms in total. The van der Waals surface area contributed by atoms with Gasteiger partial charge in [-0.25, -0.2) is 0 Å². The first-order valence-electron chi connectivity index (χ1n) is 14.7. The van der Waals surface area contributed by atoms with Gasteiger partial charge in [0, 0.05) is 12.3 Å². The molecule has 0 bridgehead atoms. The third kappa shape index (κ3) is 5.23. The van der Waals surface area contributed by atoms with E-state index in [9.17, 15) is 19.8 Å². The summed E-state index contributed by atoms with van der Waals surface area (Å²) < 4.78 is 6.10. The number of aliphatic hydroxyl groups excluding tert-OH is 2. The summed E-state index contributed by atoms with van der Waals surface area (Å²) in [7, 11) is 0. The molecule has 5 heteroatoms. The zero-order valence-corrected chi connectivity index (χ0v) is 22.4. The second-order valence-electron chi connectivity index (χ2n) is 13.0. The third-order valence-electron chi connectivity index (χ3n) is 11.3. The van der Waals surface area contributed by atoms with Crippen molar-refractivity contribution in [2.75, 3.05) is 0 Å². The Hall–Kier alpha value is -0.940. The van der Waals surface area contributed by atoms with Gasteiger partial charge in [0.15, 0.2) is 0 Å². The van der Waals surface area contributed by atoms with Crippen molar-refractivity contribution < 1.29 is 24.5 Å². The smallest absolute Gasteiger partial charge is 0.306 e. The van der Waals surface area contributed by atoms with Gasteiger partial charge in [-0.1, -0.05) is 46.5 Å². The molecule has 0 aromatic carbocycles. The summed E-state index contributed by atoms with van der Waals surface area (Å²) in [6, 6.07) is 0. The molecular formula is C30H50O5. The molecule has 4 rings (SSSR count). The van der Waals surface area contributed by atoms with E-state index in [1.807, 2.05) is 0 Å². The summed E-state index contributed by atoms with van der Waals surface area (Å²) in [6.07, 6.45) is 14.3. The lowest BCUT2D eigenvalue weighted by molar-refractivity contribution is -0.194. The monoisotopic (exact) mass is 490 g/mol. The lowest BCUT2D eigenvalue weighted by Crippen LogP contribution is -2.59. The highest BCUT2D eigenvalue weighted by Crippen LogP contribution is 2.68. The van der Waals surface area contributed by atoms with Gasteiger partial charge in [0.2, 0.25) is 0 Å². The van der Waals surface area contributed by atoms with E-state index in [0.717, 1.165) is 44.8 Å². The van der Waals surface area contributed by atoms with Crippen LogP contribution in [0.4, 0.5) is 0 Å². The average Bonchev–Trinajstić information content (AvgIpc) is 3.19. The van der Waals surface area contributed by atoms with Gasteiger partial charge in [-0.15, -0.1) is 0 Å². The van der Waals surface area contributed by atoms with Crippen LogP contribution in [0.1, 0.15) is 117 Å². The van der Waals surface area contributed by atoms with Crippen LogP contribution in [0.3, 0.4) is 0 Å². The summed E-state index contributed by atoms with van der Waals surface area (Å²) >= 11 is 0. The molecule has 4 aliphatic rings. The molecule has 0 aliphatic heterocycles. The summed E-state index contributed by atoms with van der Waals surface area (Å²) in [5.74, 6) is 1.97. The fourth-order valence-electron chi connectivity index (χ4n) is 9.44. The van der Waals surface area contributed by atoms with Crippen LogP contribution in [0.25, 0.3) is 0 Å². The number of carbonyl (C=O) groups excluding carboxylic acids is 2. The Bertz CT molecular complexity index is 738. The van der Waals surface area contributed by atoms with Crippen molar-refractivity contribution in [1.82, 2.24) is 0 Å². The fraction of sp³-hybridized carbons (Fsp3) is 0.933. The zero-order chi connectivity index (χ0) is 25.2. The first kappa shape index (κ1) is 27.1. The van der Waals surface area contributed by atoms with Gasteiger partial charge in [0.25, 0.3) is 0 Å². The van der Waals surface area contributed by atoms with Crippen LogP contribution in [-0.2, 0) is 14.3 Å². The van der Waals surface area contributed by atoms with Crippen molar-refractivity contribution in [2.24, 2.45) is 40.4 Å². The Morgan fingerprint density at radius 3 is 2.49 bits per heavy atom. The first-order chi connectivity index (χ1) is 16.7. The normalized spacial score (nSPS) is 43.5. The number of aldehydes is 1. The van der Waals surface area contributed by atoms with Crippen molar-refractivity contribution in [3.05, 3.63) is 0 Å². The van der Waals surface area contributed by atoms with Crippen molar-refractivity contribution in [2.45, 2.75) is 135 Å². The topological polar surface area (TPSA) is 83.8 Å². The summed E-state index contributed by atoms with van der Waals surface area (Å²) in [5, 5.41) is 21.8. The van der Waals surface area contributed by atoms with E-state index in [4.69, 9.17) is 4.74 Å². The standard InChI is InChI=1S/C30H50O5/c1-4-5-6-7-9-26(33)24-12-11-22-21-19-27(35-28(34)10-8-17-31)25-18-20(32)13-15-30(25,3)23(21)14-16-29(22,24)2/h17,20-27,32-33H,4-16,18-19H2,1-3H3/t20-,21-,22-,23-,24+,25+,26-,27-,29-,30+/m0/s1. The van der Waals surface area contributed by atoms with Crippen molar-refractivity contribution in [1.29, 1.82) is 0 Å². The van der Waals surface area contributed by atoms with E-state index in [1.165, 1.54) is 38.5 Å². The van der Waals surface area contributed by atoms with E-state index in [2.05, 4.69) is 20.8 Å². The molecule has 0 heterocycles. The molecule has 0 aromatic rings. The van der Waals surface area contributed by atoms with E-state index in [-0.39, 0.29) is 53.9 Å². The number of carbonyl (C=O) groups is 2. The van der Waals surface area contributed by atoms with Crippen molar-refractivity contribution in [3.63, 3.8) is 0 Å². The molecule has 4 saturated carbocycles. The minimum Gasteiger partial charge on any atom is -0.462 e. The molecule has 0 spiro atoms. The molecule has 35 heavy (non-hydrogen) atoms. The van der Waals surface area contributed by atoms with Gasteiger partial charge in [-0.2, -0.15) is 0 Å². The van der Waals surface area contributed by atoms with Gasteiger partial charge in [-0.3, -0.25) is 4.79 Å². The van der Waals surface area contributed by atoms with Crippen LogP contribution in [0.2, 0.25) is 0 Å². The molecule has 0 radical (unpaired) electrons. The minimum absolute atomic E-state index is 0.0793. The van der Waals surface area contributed by atoms with E-state index in [0.29, 0.717) is 30.1 Å². The lowest BCUT2D eigenvalue weighted by Gasteiger charge is -2.62. The van der Waals surface area contributed by atoms with Gasteiger partial charge in [0.05, 0.1) is 18.6 Å².